The van der Waals surface area contributed by atoms with Crippen molar-refractivity contribution in [3.63, 3.8) is 0 Å². The van der Waals surface area contributed by atoms with Crippen LogP contribution in [-0.2, 0) is 29.1 Å². The Labute approximate surface area is 151 Å². The van der Waals surface area contributed by atoms with Gasteiger partial charge >= 0.3 is 0 Å². The number of nitrogens with zero attached hydrogens (tertiary/aromatic N) is 2. The highest BCUT2D eigenvalue weighted by atomic mass is 16.2. The van der Waals surface area contributed by atoms with Crippen LogP contribution < -0.4 is 0 Å². The predicted octanol–water partition coefficient (Wildman–Crippen LogP) is 2.46. The monoisotopic (exact) mass is 345 g/mol. The van der Waals surface area contributed by atoms with Crippen LogP contribution in [0.1, 0.15) is 16.8 Å². The lowest BCUT2D eigenvalue weighted by Crippen LogP contribution is -2.61. The number of fused-ring (bicyclic) bond motifs is 4. The van der Waals surface area contributed by atoms with Crippen LogP contribution >= 0.6 is 0 Å². The minimum absolute atomic E-state index is 0.0230. The quantitative estimate of drug-likeness (QED) is 0.776. The van der Waals surface area contributed by atoms with E-state index in [0.717, 1.165) is 22.2 Å². The van der Waals surface area contributed by atoms with Crippen molar-refractivity contribution in [2.75, 3.05) is 6.54 Å². The molecule has 0 radical (unpaired) electrons. The van der Waals surface area contributed by atoms with Crippen molar-refractivity contribution in [2.45, 2.75) is 25.6 Å². The number of nitrogens with one attached hydrogen (secondary N) is 1. The fraction of sp³-hybridized carbons (Fsp3) is 0.238. The number of H-pyrrole nitrogens is 1. The summed E-state index contributed by atoms with van der Waals surface area (Å²) in [7, 11) is 0. The van der Waals surface area contributed by atoms with Gasteiger partial charge in [-0.1, -0.05) is 48.5 Å². The highest BCUT2D eigenvalue weighted by molar-refractivity contribution is 5.96. The Morgan fingerprint density at radius 1 is 0.962 bits per heavy atom. The summed E-state index contributed by atoms with van der Waals surface area (Å²) in [4.78, 5) is 32.7. The molecule has 26 heavy (non-hydrogen) atoms. The van der Waals surface area contributed by atoms with Crippen LogP contribution in [0.3, 0.4) is 0 Å². The summed E-state index contributed by atoms with van der Waals surface area (Å²) in [5, 5.41) is 1.16. The lowest BCUT2D eigenvalue weighted by molar-refractivity contribution is -0.157. The standard InChI is InChI=1S/C21H19N3O2/c25-20-13-23(11-14-6-2-1-3-7-14)21(26)19-10-16-15-8-4-5-9-17(15)22-18(16)12-24(19)20/h1-9,19,22H,10-13H2/t19-/m1/s1. The average Bonchev–Trinajstić information content (AvgIpc) is 3.03. The first-order chi connectivity index (χ1) is 12.7. The fourth-order valence-electron chi connectivity index (χ4n) is 4.17. The Kier molecular flexibility index (Phi) is 3.35. The molecule has 5 heteroatoms. The number of amides is 2. The molecule has 3 aromatic rings. The first-order valence-electron chi connectivity index (χ1n) is 8.91. The normalized spacial score (nSPS) is 19.6. The molecule has 5 nitrogen and oxygen atoms in total. The van der Waals surface area contributed by atoms with Crippen molar-refractivity contribution >= 4 is 22.7 Å². The third-order valence-electron chi connectivity index (χ3n) is 5.46. The van der Waals surface area contributed by atoms with Crippen LogP contribution in [0.2, 0.25) is 0 Å². The summed E-state index contributed by atoms with van der Waals surface area (Å²) < 4.78 is 0. The molecule has 0 saturated carbocycles. The molecule has 1 atom stereocenters. The van der Waals surface area contributed by atoms with Crippen LogP contribution in [0.25, 0.3) is 10.9 Å². The van der Waals surface area contributed by atoms with Gasteiger partial charge in [0.1, 0.15) is 12.6 Å². The van der Waals surface area contributed by atoms with E-state index in [-0.39, 0.29) is 18.4 Å². The van der Waals surface area contributed by atoms with Gasteiger partial charge in [0.15, 0.2) is 0 Å². The van der Waals surface area contributed by atoms with Crippen molar-refractivity contribution < 1.29 is 9.59 Å². The molecule has 1 saturated heterocycles. The molecule has 1 aromatic heterocycles. The molecule has 130 valence electrons. The molecule has 0 aliphatic carbocycles. The van der Waals surface area contributed by atoms with Crippen molar-refractivity contribution in [1.29, 1.82) is 0 Å². The molecule has 2 aliphatic heterocycles. The van der Waals surface area contributed by atoms with E-state index < -0.39 is 6.04 Å². The Morgan fingerprint density at radius 2 is 1.73 bits per heavy atom. The maximum Gasteiger partial charge on any atom is 0.246 e. The number of para-hydroxylation sites is 1. The zero-order valence-electron chi connectivity index (χ0n) is 14.3. The number of benzene rings is 2. The average molecular weight is 345 g/mol. The third kappa shape index (κ3) is 2.31. The van der Waals surface area contributed by atoms with Gasteiger partial charge in [0, 0.05) is 29.6 Å². The lowest BCUT2D eigenvalue weighted by atomic mass is 9.93. The SMILES string of the molecule is O=C1[C@H]2Cc3c([nH]c4ccccc34)CN2C(=O)CN1Cc1ccccc1. The van der Waals surface area contributed by atoms with Crippen LogP contribution in [0, 0.1) is 0 Å². The second kappa shape index (κ2) is 5.73. The molecule has 0 spiro atoms. The second-order valence-corrected chi connectivity index (χ2v) is 7.05. The molecular weight excluding hydrogens is 326 g/mol. The van der Waals surface area contributed by atoms with Gasteiger partial charge < -0.3 is 14.8 Å². The summed E-state index contributed by atoms with van der Waals surface area (Å²) in [6, 6.07) is 17.6. The van der Waals surface area contributed by atoms with Crippen LogP contribution in [0.4, 0.5) is 0 Å². The van der Waals surface area contributed by atoms with Crippen LogP contribution in [0.5, 0.6) is 0 Å². The molecule has 3 heterocycles. The first kappa shape index (κ1) is 15.2. The van der Waals surface area contributed by atoms with Gasteiger partial charge in [-0.15, -0.1) is 0 Å². The van der Waals surface area contributed by atoms with E-state index in [1.54, 1.807) is 9.80 Å². The van der Waals surface area contributed by atoms with E-state index in [9.17, 15) is 9.59 Å². The Bertz CT molecular complexity index is 1010. The van der Waals surface area contributed by atoms with Crippen molar-refractivity contribution in [1.82, 2.24) is 14.8 Å². The minimum Gasteiger partial charge on any atom is -0.357 e. The maximum absolute atomic E-state index is 13.1. The zero-order chi connectivity index (χ0) is 17.7. The van der Waals surface area contributed by atoms with Gasteiger partial charge in [-0.3, -0.25) is 9.59 Å². The first-order valence-corrected chi connectivity index (χ1v) is 8.91. The molecule has 5 rings (SSSR count). The topological polar surface area (TPSA) is 56.4 Å². The Hall–Kier alpha value is -3.08. The minimum atomic E-state index is -0.397. The van der Waals surface area contributed by atoms with Gasteiger partial charge in [-0.05, 0) is 17.2 Å². The number of hydrogen-bond donors (Lipinski definition) is 1. The third-order valence-corrected chi connectivity index (χ3v) is 5.46. The van der Waals surface area contributed by atoms with Gasteiger partial charge in [-0.2, -0.15) is 0 Å². The van der Waals surface area contributed by atoms with Crippen LogP contribution in [-0.4, -0.2) is 39.2 Å². The molecule has 1 fully saturated rings. The lowest BCUT2D eigenvalue weighted by Gasteiger charge is -2.42. The number of aromatic nitrogens is 1. The predicted molar refractivity (Wildman–Crippen MR) is 98.2 cm³/mol. The van der Waals surface area contributed by atoms with E-state index in [4.69, 9.17) is 0 Å². The number of carbonyl (C=O) groups is 2. The smallest absolute Gasteiger partial charge is 0.246 e. The number of aromatic amines is 1. The highest BCUT2D eigenvalue weighted by Gasteiger charge is 2.42. The van der Waals surface area contributed by atoms with Crippen molar-refractivity contribution in [2.24, 2.45) is 0 Å². The molecule has 2 aromatic carbocycles. The van der Waals surface area contributed by atoms with Crippen molar-refractivity contribution in [3.05, 3.63) is 71.4 Å². The van der Waals surface area contributed by atoms with Gasteiger partial charge in [0.2, 0.25) is 11.8 Å². The molecule has 2 aliphatic rings. The molecule has 0 unspecified atom stereocenters. The Balaban J connectivity index is 1.48. The Morgan fingerprint density at radius 3 is 2.58 bits per heavy atom. The summed E-state index contributed by atoms with van der Waals surface area (Å²) in [6.45, 7) is 1.12. The number of hydrogen-bond acceptors (Lipinski definition) is 2. The van der Waals surface area contributed by atoms with E-state index in [0.29, 0.717) is 19.5 Å². The second-order valence-electron chi connectivity index (χ2n) is 7.05. The fourth-order valence-corrected chi connectivity index (χ4v) is 4.17. The molecule has 2 amide bonds. The van der Waals surface area contributed by atoms with Crippen molar-refractivity contribution in [3.8, 4) is 0 Å². The van der Waals surface area contributed by atoms with Gasteiger partial charge in [-0.25, -0.2) is 0 Å². The zero-order valence-corrected chi connectivity index (χ0v) is 14.3. The molecule has 1 N–H and O–H groups in total. The molecular formula is C21H19N3O2. The largest absolute Gasteiger partial charge is 0.357 e. The summed E-state index contributed by atoms with van der Waals surface area (Å²) >= 11 is 0. The number of piperazine rings is 1. The maximum atomic E-state index is 13.1. The summed E-state index contributed by atoms with van der Waals surface area (Å²) in [5.41, 5.74) is 4.34. The number of rotatable bonds is 2. The van der Waals surface area contributed by atoms with E-state index in [2.05, 4.69) is 11.1 Å². The summed E-state index contributed by atoms with van der Waals surface area (Å²) in [6.07, 6.45) is 0.579. The summed E-state index contributed by atoms with van der Waals surface area (Å²) in [5.74, 6) is 0.0687. The van der Waals surface area contributed by atoms with Gasteiger partial charge in [0.05, 0.1) is 6.54 Å². The number of carbonyl (C=O) groups excluding carboxylic acids is 2. The van der Waals surface area contributed by atoms with E-state index in [1.165, 1.54) is 5.56 Å². The van der Waals surface area contributed by atoms with Crippen LogP contribution in [0.15, 0.2) is 54.6 Å². The van der Waals surface area contributed by atoms with E-state index in [1.807, 2.05) is 48.5 Å². The highest BCUT2D eigenvalue weighted by Crippen LogP contribution is 2.32. The van der Waals surface area contributed by atoms with E-state index >= 15 is 0 Å². The molecule has 0 bridgehead atoms. The van der Waals surface area contributed by atoms with Gasteiger partial charge in [0.25, 0.3) is 0 Å².